The van der Waals surface area contributed by atoms with E-state index in [1.807, 2.05) is 11.0 Å². The van der Waals surface area contributed by atoms with Crippen LogP contribution in [-0.4, -0.2) is 31.1 Å². The van der Waals surface area contributed by atoms with E-state index in [9.17, 15) is 10.1 Å². The number of benzene rings is 1. The van der Waals surface area contributed by atoms with E-state index in [0.29, 0.717) is 5.69 Å². The molecule has 1 aliphatic rings. The van der Waals surface area contributed by atoms with Crippen molar-refractivity contribution in [3.05, 3.63) is 32.8 Å². The second-order valence-electron chi connectivity index (χ2n) is 3.63. The number of halogens is 2. The van der Waals surface area contributed by atoms with Crippen LogP contribution in [0.2, 0.25) is 0 Å². The minimum Gasteiger partial charge on any atom is -0.363 e. The van der Waals surface area contributed by atoms with Crippen LogP contribution in [-0.2, 0) is 0 Å². The Kier molecular flexibility index (Phi) is 5.17. The summed E-state index contributed by atoms with van der Waals surface area (Å²) in [5.74, 6) is 0. The number of hydrogen-bond donors (Lipinski definition) is 1. The van der Waals surface area contributed by atoms with Crippen LogP contribution in [0.5, 0.6) is 0 Å². The largest absolute Gasteiger partial charge is 0.363 e. The van der Waals surface area contributed by atoms with Gasteiger partial charge in [0.05, 0.1) is 4.92 Å². The zero-order chi connectivity index (χ0) is 11.5. The molecular formula is C10H13BrClN3O2. The van der Waals surface area contributed by atoms with Gasteiger partial charge in [-0.3, -0.25) is 10.1 Å². The first kappa shape index (κ1) is 14.2. The number of nitro benzene ring substituents is 1. The van der Waals surface area contributed by atoms with Crippen molar-refractivity contribution in [3.63, 3.8) is 0 Å². The molecule has 1 N–H and O–H groups in total. The first-order valence-electron chi connectivity index (χ1n) is 5.08. The van der Waals surface area contributed by atoms with Crippen molar-refractivity contribution in [2.24, 2.45) is 0 Å². The molecule has 1 aromatic rings. The fourth-order valence-electron chi connectivity index (χ4n) is 1.82. The standard InChI is InChI=1S/C10H12BrN3O2.ClH/c11-8-1-2-9(10(7-8)14(15)16)13-5-3-12-4-6-13;/h1-2,7,12H,3-6H2;1H. The van der Waals surface area contributed by atoms with E-state index in [-0.39, 0.29) is 23.0 Å². The van der Waals surface area contributed by atoms with Crippen LogP contribution in [0.25, 0.3) is 0 Å². The molecule has 1 saturated heterocycles. The van der Waals surface area contributed by atoms with Crippen molar-refractivity contribution in [1.82, 2.24) is 5.32 Å². The maximum absolute atomic E-state index is 11.0. The maximum Gasteiger partial charge on any atom is 0.293 e. The molecular weight excluding hydrogens is 309 g/mol. The number of rotatable bonds is 2. The third kappa shape index (κ3) is 3.31. The SMILES string of the molecule is Cl.O=[N+]([O-])c1cc(Br)ccc1N1CCNCC1. The van der Waals surface area contributed by atoms with Gasteiger partial charge in [-0.05, 0) is 12.1 Å². The van der Waals surface area contributed by atoms with Gasteiger partial charge < -0.3 is 10.2 Å². The molecule has 0 unspecified atom stereocenters. The molecule has 0 aliphatic carbocycles. The Bertz CT molecular complexity index is 411. The van der Waals surface area contributed by atoms with Crippen LogP contribution >= 0.6 is 28.3 Å². The molecule has 0 amide bonds. The van der Waals surface area contributed by atoms with E-state index in [0.717, 1.165) is 30.7 Å². The lowest BCUT2D eigenvalue weighted by molar-refractivity contribution is -0.384. The first-order valence-corrected chi connectivity index (χ1v) is 5.87. The highest BCUT2D eigenvalue weighted by Gasteiger charge is 2.20. The predicted octanol–water partition coefficient (Wildman–Crippen LogP) is 2.19. The van der Waals surface area contributed by atoms with E-state index in [1.165, 1.54) is 0 Å². The van der Waals surface area contributed by atoms with Gasteiger partial charge in [0.1, 0.15) is 5.69 Å². The van der Waals surface area contributed by atoms with Crippen LogP contribution in [0, 0.1) is 10.1 Å². The fourth-order valence-corrected chi connectivity index (χ4v) is 2.16. The summed E-state index contributed by atoms with van der Waals surface area (Å²) in [4.78, 5) is 12.7. The molecule has 0 radical (unpaired) electrons. The van der Waals surface area contributed by atoms with Gasteiger partial charge in [0, 0.05) is 36.7 Å². The van der Waals surface area contributed by atoms with Crippen molar-refractivity contribution >= 4 is 39.7 Å². The maximum atomic E-state index is 11.0. The summed E-state index contributed by atoms with van der Waals surface area (Å²) in [5, 5.41) is 14.2. The van der Waals surface area contributed by atoms with Crippen molar-refractivity contribution in [1.29, 1.82) is 0 Å². The minimum atomic E-state index is -0.331. The molecule has 0 aromatic heterocycles. The molecule has 1 aromatic carbocycles. The molecule has 0 saturated carbocycles. The zero-order valence-corrected chi connectivity index (χ0v) is 11.5. The Labute approximate surface area is 114 Å². The van der Waals surface area contributed by atoms with Gasteiger partial charge in [0.25, 0.3) is 5.69 Å². The molecule has 0 atom stereocenters. The number of nitrogens with one attached hydrogen (secondary N) is 1. The van der Waals surface area contributed by atoms with Crippen LogP contribution in [0.15, 0.2) is 22.7 Å². The van der Waals surface area contributed by atoms with Gasteiger partial charge in [0.15, 0.2) is 0 Å². The molecule has 0 bridgehead atoms. The monoisotopic (exact) mass is 321 g/mol. The number of nitro groups is 1. The first-order chi connectivity index (χ1) is 7.68. The highest BCUT2D eigenvalue weighted by molar-refractivity contribution is 9.10. The quantitative estimate of drug-likeness (QED) is 0.670. The summed E-state index contributed by atoms with van der Waals surface area (Å²) in [5.41, 5.74) is 0.867. The third-order valence-corrected chi connectivity index (χ3v) is 3.09. The molecule has 94 valence electrons. The Morgan fingerprint density at radius 1 is 1.35 bits per heavy atom. The third-order valence-electron chi connectivity index (χ3n) is 2.59. The summed E-state index contributed by atoms with van der Waals surface area (Å²) in [7, 11) is 0. The summed E-state index contributed by atoms with van der Waals surface area (Å²) in [6, 6.07) is 5.19. The van der Waals surface area contributed by atoms with E-state index in [4.69, 9.17) is 0 Å². The van der Waals surface area contributed by atoms with Gasteiger partial charge in [-0.25, -0.2) is 0 Å². The number of anilines is 1. The normalized spacial score (nSPS) is 15.2. The molecule has 0 spiro atoms. The topological polar surface area (TPSA) is 58.4 Å². The summed E-state index contributed by atoms with van der Waals surface area (Å²) in [6.07, 6.45) is 0. The van der Waals surface area contributed by atoms with Crippen LogP contribution in [0.3, 0.4) is 0 Å². The smallest absolute Gasteiger partial charge is 0.293 e. The van der Waals surface area contributed by atoms with Crippen molar-refractivity contribution in [2.45, 2.75) is 0 Å². The average Bonchev–Trinajstić information content (AvgIpc) is 2.30. The Morgan fingerprint density at radius 2 is 2.00 bits per heavy atom. The van der Waals surface area contributed by atoms with Crippen LogP contribution < -0.4 is 10.2 Å². The van der Waals surface area contributed by atoms with Crippen LogP contribution in [0.1, 0.15) is 0 Å². The summed E-state index contributed by atoms with van der Waals surface area (Å²) < 4.78 is 0.734. The molecule has 1 fully saturated rings. The lowest BCUT2D eigenvalue weighted by Gasteiger charge is -2.29. The van der Waals surface area contributed by atoms with Gasteiger partial charge in [-0.15, -0.1) is 12.4 Å². The zero-order valence-electron chi connectivity index (χ0n) is 9.06. The van der Waals surface area contributed by atoms with Crippen molar-refractivity contribution in [3.8, 4) is 0 Å². The van der Waals surface area contributed by atoms with Gasteiger partial charge in [-0.2, -0.15) is 0 Å². The number of nitrogens with zero attached hydrogens (tertiary/aromatic N) is 2. The number of piperazine rings is 1. The second kappa shape index (κ2) is 6.18. The van der Waals surface area contributed by atoms with Crippen molar-refractivity contribution in [2.75, 3.05) is 31.1 Å². The molecule has 17 heavy (non-hydrogen) atoms. The van der Waals surface area contributed by atoms with Crippen molar-refractivity contribution < 1.29 is 4.92 Å². The minimum absolute atomic E-state index is 0. The summed E-state index contributed by atoms with van der Waals surface area (Å²) in [6.45, 7) is 3.35. The number of hydrogen-bond acceptors (Lipinski definition) is 4. The van der Waals surface area contributed by atoms with Gasteiger partial charge >= 0.3 is 0 Å². The molecule has 7 heteroatoms. The Morgan fingerprint density at radius 3 is 2.59 bits per heavy atom. The Hall–Kier alpha value is -0.850. The Balaban J connectivity index is 0.00000144. The van der Waals surface area contributed by atoms with Gasteiger partial charge in [-0.1, -0.05) is 15.9 Å². The highest BCUT2D eigenvalue weighted by Crippen LogP contribution is 2.31. The highest BCUT2D eigenvalue weighted by atomic mass is 79.9. The van der Waals surface area contributed by atoms with Crippen LogP contribution in [0.4, 0.5) is 11.4 Å². The molecule has 5 nitrogen and oxygen atoms in total. The lowest BCUT2D eigenvalue weighted by atomic mass is 10.2. The lowest BCUT2D eigenvalue weighted by Crippen LogP contribution is -2.43. The molecule has 2 rings (SSSR count). The van der Waals surface area contributed by atoms with E-state index >= 15 is 0 Å². The van der Waals surface area contributed by atoms with E-state index in [1.54, 1.807) is 12.1 Å². The molecule has 1 aliphatic heterocycles. The van der Waals surface area contributed by atoms with E-state index < -0.39 is 0 Å². The molecule has 1 heterocycles. The average molecular weight is 323 g/mol. The van der Waals surface area contributed by atoms with E-state index in [2.05, 4.69) is 21.2 Å². The fraction of sp³-hybridized carbons (Fsp3) is 0.400. The predicted molar refractivity (Wildman–Crippen MR) is 73.1 cm³/mol. The second-order valence-corrected chi connectivity index (χ2v) is 4.54. The van der Waals surface area contributed by atoms with Gasteiger partial charge in [0.2, 0.25) is 0 Å². The summed E-state index contributed by atoms with van der Waals surface area (Å²) >= 11 is 3.25.